The standard InChI is InChI=1S/C19H19FN2O3/c1-12-4-7-17(22-8-2-3-9-22)14(10-12)18(23)21-16-6-5-13(19(24)25)11-15(16)20/h4-7,10-11H,2-3,8-9H2,1H3,(H,21,23)(H,24,25). The molecule has 1 amide bonds. The Kier molecular flexibility index (Phi) is 4.70. The van der Waals surface area contributed by atoms with Crippen LogP contribution in [0.3, 0.4) is 0 Å². The summed E-state index contributed by atoms with van der Waals surface area (Å²) in [5, 5.41) is 11.4. The lowest BCUT2D eigenvalue weighted by atomic mass is 10.1. The van der Waals surface area contributed by atoms with E-state index >= 15 is 0 Å². The van der Waals surface area contributed by atoms with E-state index in [4.69, 9.17) is 5.11 Å². The minimum absolute atomic E-state index is 0.0381. The van der Waals surface area contributed by atoms with Gasteiger partial charge in [0.05, 0.1) is 16.8 Å². The summed E-state index contributed by atoms with van der Waals surface area (Å²) in [7, 11) is 0. The number of nitrogens with one attached hydrogen (secondary N) is 1. The average molecular weight is 342 g/mol. The maximum Gasteiger partial charge on any atom is 0.335 e. The molecule has 0 saturated carbocycles. The Hall–Kier alpha value is -2.89. The highest BCUT2D eigenvalue weighted by atomic mass is 19.1. The first-order valence-electron chi connectivity index (χ1n) is 8.15. The largest absolute Gasteiger partial charge is 0.478 e. The molecule has 6 heteroatoms. The fourth-order valence-electron chi connectivity index (χ4n) is 3.00. The van der Waals surface area contributed by atoms with Gasteiger partial charge >= 0.3 is 5.97 Å². The normalized spacial score (nSPS) is 13.8. The Balaban J connectivity index is 1.88. The lowest BCUT2D eigenvalue weighted by molar-refractivity contribution is 0.0696. The molecule has 2 aromatic carbocycles. The molecular formula is C19H19FN2O3. The van der Waals surface area contributed by atoms with Gasteiger partial charge in [-0.25, -0.2) is 9.18 Å². The Morgan fingerprint density at radius 2 is 1.84 bits per heavy atom. The summed E-state index contributed by atoms with van der Waals surface area (Å²) in [6, 6.07) is 9.08. The second-order valence-electron chi connectivity index (χ2n) is 6.17. The van der Waals surface area contributed by atoms with E-state index in [1.165, 1.54) is 12.1 Å². The van der Waals surface area contributed by atoms with E-state index in [1.54, 1.807) is 6.07 Å². The molecule has 1 aliphatic heterocycles. The van der Waals surface area contributed by atoms with Gasteiger partial charge < -0.3 is 15.3 Å². The molecule has 0 atom stereocenters. The van der Waals surface area contributed by atoms with Gasteiger partial charge in [-0.05, 0) is 50.1 Å². The molecule has 0 radical (unpaired) electrons. The molecule has 1 aliphatic rings. The number of halogens is 1. The number of nitrogens with zero attached hydrogens (tertiary/aromatic N) is 1. The first-order valence-corrected chi connectivity index (χ1v) is 8.15. The van der Waals surface area contributed by atoms with Crippen LogP contribution < -0.4 is 10.2 Å². The van der Waals surface area contributed by atoms with Gasteiger partial charge in [-0.3, -0.25) is 4.79 Å². The summed E-state index contributed by atoms with van der Waals surface area (Å²) in [5.74, 6) is -2.40. The molecule has 3 rings (SSSR count). The molecule has 0 spiro atoms. The van der Waals surface area contributed by atoms with Crippen molar-refractivity contribution in [3.63, 3.8) is 0 Å². The Morgan fingerprint density at radius 3 is 2.48 bits per heavy atom. The predicted molar refractivity (Wildman–Crippen MR) is 93.9 cm³/mol. The molecule has 2 N–H and O–H groups in total. The minimum Gasteiger partial charge on any atom is -0.478 e. The smallest absolute Gasteiger partial charge is 0.335 e. The number of carboxylic acid groups (broad SMARTS) is 1. The van der Waals surface area contributed by atoms with Gasteiger partial charge in [0.1, 0.15) is 5.82 Å². The van der Waals surface area contributed by atoms with E-state index in [-0.39, 0.29) is 11.3 Å². The third kappa shape index (κ3) is 3.63. The predicted octanol–water partition coefficient (Wildman–Crippen LogP) is 3.68. The maximum absolute atomic E-state index is 14.1. The first kappa shape index (κ1) is 17.0. The maximum atomic E-state index is 14.1. The van der Waals surface area contributed by atoms with Crippen LogP contribution in [-0.2, 0) is 0 Å². The van der Waals surface area contributed by atoms with E-state index < -0.39 is 17.7 Å². The zero-order valence-electron chi connectivity index (χ0n) is 13.9. The number of aryl methyl sites for hydroxylation is 1. The van der Waals surface area contributed by atoms with Crippen molar-refractivity contribution >= 4 is 23.3 Å². The number of rotatable bonds is 4. The van der Waals surface area contributed by atoms with E-state index in [0.29, 0.717) is 5.56 Å². The molecule has 25 heavy (non-hydrogen) atoms. The van der Waals surface area contributed by atoms with Gasteiger partial charge in [0, 0.05) is 18.8 Å². The highest BCUT2D eigenvalue weighted by Crippen LogP contribution is 2.27. The topological polar surface area (TPSA) is 69.6 Å². The second-order valence-corrected chi connectivity index (χ2v) is 6.17. The quantitative estimate of drug-likeness (QED) is 0.889. The molecule has 5 nitrogen and oxygen atoms in total. The van der Waals surface area contributed by atoms with Gasteiger partial charge in [0.15, 0.2) is 0 Å². The van der Waals surface area contributed by atoms with Crippen molar-refractivity contribution in [3.05, 3.63) is 58.9 Å². The molecule has 130 valence electrons. The van der Waals surface area contributed by atoms with Crippen LogP contribution in [0.25, 0.3) is 0 Å². The number of aromatic carboxylic acids is 1. The number of benzene rings is 2. The SMILES string of the molecule is Cc1ccc(N2CCCC2)c(C(=O)Nc2ccc(C(=O)O)cc2F)c1. The van der Waals surface area contributed by atoms with Gasteiger partial charge in [0.25, 0.3) is 5.91 Å². The van der Waals surface area contributed by atoms with Crippen molar-refractivity contribution in [2.24, 2.45) is 0 Å². The second kappa shape index (κ2) is 6.93. The highest BCUT2D eigenvalue weighted by molar-refractivity contribution is 6.08. The minimum atomic E-state index is -1.22. The van der Waals surface area contributed by atoms with Crippen LogP contribution in [-0.4, -0.2) is 30.1 Å². The molecule has 0 aliphatic carbocycles. The zero-order chi connectivity index (χ0) is 18.0. The van der Waals surface area contributed by atoms with Crippen LogP contribution in [0.4, 0.5) is 15.8 Å². The van der Waals surface area contributed by atoms with Crippen molar-refractivity contribution in [1.29, 1.82) is 0 Å². The number of hydrogen-bond acceptors (Lipinski definition) is 3. The van der Waals surface area contributed by atoms with Crippen LogP contribution >= 0.6 is 0 Å². The number of carbonyl (C=O) groups excluding carboxylic acids is 1. The van der Waals surface area contributed by atoms with Crippen molar-refractivity contribution in [2.75, 3.05) is 23.3 Å². The molecular weight excluding hydrogens is 323 g/mol. The number of carbonyl (C=O) groups is 2. The molecule has 1 fully saturated rings. The number of carboxylic acids is 1. The summed E-state index contributed by atoms with van der Waals surface area (Å²) in [6.07, 6.45) is 2.17. The van der Waals surface area contributed by atoms with Crippen molar-refractivity contribution < 1.29 is 19.1 Å². The number of hydrogen-bond donors (Lipinski definition) is 2. The Morgan fingerprint density at radius 1 is 1.12 bits per heavy atom. The van der Waals surface area contributed by atoms with Crippen molar-refractivity contribution in [2.45, 2.75) is 19.8 Å². The van der Waals surface area contributed by atoms with Gasteiger partial charge in [-0.1, -0.05) is 11.6 Å². The molecule has 1 saturated heterocycles. The van der Waals surface area contributed by atoms with Crippen LogP contribution in [0.5, 0.6) is 0 Å². The number of amides is 1. The van der Waals surface area contributed by atoms with Crippen LogP contribution in [0, 0.1) is 12.7 Å². The molecule has 0 unspecified atom stereocenters. The molecule has 0 bridgehead atoms. The summed E-state index contributed by atoms with van der Waals surface area (Å²) >= 11 is 0. The third-order valence-corrected chi connectivity index (χ3v) is 4.31. The van der Waals surface area contributed by atoms with Gasteiger partial charge in [-0.15, -0.1) is 0 Å². The van der Waals surface area contributed by atoms with E-state index in [1.807, 2.05) is 19.1 Å². The van der Waals surface area contributed by atoms with Crippen LogP contribution in [0.2, 0.25) is 0 Å². The van der Waals surface area contributed by atoms with Crippen molar-refractivity contribution in [1.82, 2.24) is 0 Å². The number of anilines is 2. The molecule has 0 aromatic heterocycles. The fourth-order valence-corrected chi connectivity index (χ4v) is 3.00. The first-order chi connectivity index (χ1) is 12.0. The van der Waals surface area contributed by atoms with Crippen LogP contribution in [0.15, 0.2) is 36.4 Å². The van der Waals surface area contributed by atoms with E-state index in [9.17, 15) is 14.0 Å². The Labute approximate surface area is 145 Å². The fraction of sp³-hybridized carbons (Fsp3) is 0.263. The monoisotopic (exact) mass is 342 g/mol. The van der Waals surface area contributed by atoms with E-state index in [0.717, 1.165) is 43.2 Å². The summed E-state index contributed by atoms with van der Waals surface area (Å²) < 4.78 is 14.1. The Bertz CT molecular complexity index is 829. The lowest BCUT2D eigenvalue weighted by Crippen LogP contribution is -2.23. The van der Waals surface area contributed by atoms with Crippen molar-refractivity contribution in [3.8, 4) is 0 Å². The summed E-state index contributed by atoms with van der Waals surface area (Å²) in [5.41, 5.74) is 2.06. The summed E-state index contributed by atoms with van der Waals surface area (Å²) in [4.78, 5) is 25.7. The lowest BCUT2D eigenvalue weighted by Gasteiger charge is -2.21. The summed E-state index contributed by atoms with van der Waals surface area (Å²) in [6.45, 7) is 3.68. The zero-order valence-corrected chi connectivity index (χ0v) is 13.9. The van der Waals surface area contributed by atoms with Crippen LogP contribution in [0.1, 0.15) is 39.1 Å². The van der Waals surface area contributed by atoms with Gasteiger partial charge in [0.2, 0.25) is 0 Å². The molecule has 2 aromatic rings. The highest BCUT2D eigenvalue weighted by Gasteiger charge is 2.20. The average Bonchev–Trinajstić information content (AvgIpc) is 3.10. The van der Waals surface area contributed by atoms with E-state index in [2.05, 4.69) is 10.2 Å². The third-order valence-electron chi connectivity index (χ3n) is 4.31. The van der Waals surface area contributed by atoms with Gasteiger partial charge in [-0.2, -0.15) is 0 Å². The molecule has 1 heterocycles.